The number of ketones is 1. The Balaban J connectivity index is 1.22. The molecule has 1 aliphatic heterocycles. The molecule has 2 fully saturated rings. The van der Waals surface area contributed by atoms with Crippen LogP contribution in [0.4, 0.5) is 4.39 Å². The number of hydrogen-bond acceptors (Lipinski definition) is 4. The lowest BCUT2D eigenvalue weighted by atomic mass is 9.84. The molecule has 33 heavy (non-hydrogen) atoms. The lowest BCUT2D eigenvalue weighted by Gasteiger charge is -2.31. The molecule has 2 aromatic carbocycles. The molecule has 4 rings (SSSR count). The maximum atomic E-state index is 13.1. The Labute approximate surface area is 193 Å². The summed E-state index contributed by atoms with van der Waals surface area (Å²) in [6.07, 6.45) is 7.22. The van der Waals surface area contributed by atoms with Crippen LogP contribution in [0.15, 0.2) is 48.5 Å². The molecule has 1 saturated heterocycles. The summed E-state index contributed by atoms with van der Waals surface area (Å²) in [5.41, 5.74) is 2.27. The Bertz CT molecular complexity index is 972. The molecule has 174 valence electrons. The third kappa shape index (κ3) is 5.86. The predicted molar refractivity (Wildman–Crippen MR) is 123 cm³/mol. The minimum atomic E-state index is -0.393. The number of hydrogen-bond donors (Lipinski definition) is 0. The largest absolute Gasteiger partial charge is 0.457 e. The van der Waals surface area contributed by atoms with Crippen LogP contribution in [0.1, 0.15) is 77.1 Å². The van der Waals surface area contributed by atoms with Crippen LogP contribution in [-0.2, 0) is 9.53 Å². The van der Waals surface area contributed by atoms with Crippen LogP contribution in [0.2, 0.25) is 0 Å². The van der Waals surface area contributed by atoms with Crippen molar-refractivity contribution in [1.82, 2.24) is 4.90 Å². The number of ether oxygens (including phenoxy) is 1. The predicted octanol–water partition coefficient (Wildman–Crippen LogP) is 5.15. The Morgan fingerprint density at radius 3 is 2.06 bits per heavy atom. The van der Waals surface area contributed by atoms with Crippen LogP contribution in [0.3, 0.4) is 0 Å². The first-order valence-electron chi connectivity index (χ1n) is 11.9. The molecule has 1 aliphatic carbocycles. The summed E-state index contributed by atoms with van der Waals surface area (Å²) in [5, 5.41) is 0. The Kier molecular flexibility index (Phi) is 7.53. The van der Waals surface area contributed by atoms with E-state index in [4.69, 9.17) is 4.74 Å². The smallest absolute Gasteiger partial charge is 0.309 e. The summed E-state index contributed by atoms with van der Waals surface area (Å²) in [5.74, 6) is -0.903. The molecule has 0 aromatic heterocycles. The fourth-order valence-corrected chi connectivity index (χ4v) is 4.81. The molecule has 2 aliphatic rings. The van der Waals surface area contributed by atoms with Gasteiger partial charge in [0.2, 0.25) is 0 Å². The standard InChI is InChI=1S/C27H30FNO4/c28-24-12-10-22(11-13-24)26(31)29-16-14-23(15-17-29)27(32)33-18-25(30)21-8-6-20(7-9-21)19-4-2-1-3-5-19/h6-13,19,23H,1-5,14-18H2. The Hall–Kier alpha value is -3.02. The van der Waals surface area contributed by atoms with E-state index in [9.17, 15) is 18.8 Å². The molecular formula is C27H30FNO4. The summed E-state index contributed by atoms with van der Waals surface area (Å²) in [7, 11) is 0. The van der Waals surface area contributed by atoms with Gasteiger partial charge in [0.05, 0.1) is 5.92 Å². The first-order chi connectivity index (χ1) is 16.0. The Morgan fingerprint density at radius 1 is 0.818 bits per heavy atom. The normalized spacial score (nSPS) is 17.5. The zero-order valence-corrected chi connectivity index (χ0v) is 18.8. The van der Waals surface area contributed by atoms with Crippen molar-refractivity contribution in [1.29, 1.82) is 0 Å². The number of likely N-dealkylation sites (tertiary alicyclic amines) is 1. The van der Waals surface area contributed by atoms with Crippen LogP contribution < -0.4 is 0 Å². The van der Waals surface area contributed by atoms with Gasteiger partial charge in [0.25, 0.3) is 5.91 Å². The monoisotopic (exact) mass is 451 g/mol. The van der Waals surface area contributed by atoms with Crippen molar-refractivity contribution < 1.29 is 23.5 Å². The molecule has 2 aromatic rings. The second-order valence-corrected chi connectivity index (χ2v) is 9.06. The van der Waals surface area contributed by atoms with E-state index >= 15 is 0 Å². The summed E-state index contributed by atoms with van der Waals surface area (Å²) >= 11 is 0. The van der Waals surface area contributed by atoms with Gasteiger partial charge in [0.1, 0.15) is 5.82 Å². The number of amides is 1. The van der Waals surface area contributed by atoms with Crippen LogP contribution in [-0.4, -0.2) is 42.3 Å². The summed E-state index contributed by atoms with van der Waals surface area (Å²) in [6.45, 7) is 0.579. The van der Waals surface area contributed by atoms with Crippen molar-refractivity contribution in [2.75, 3.05) is 19.7 Å². The zero-order chi connectivity index (χ0) is 23.2. The molecule has 0 radical (unpaired) electrons. The van der Waals surface area contributed by atoms with Crippen molar-refractivity contribution in [3.05, 3.63) is 71.0 Å². The highest BCUT2D eigenvalue weighted by Crippen LogP contribution is 2.32. The van der Waals surface area contributed by atoms with E-state index in [2.05, 4.69) is 0 Å². The third-order valence-electron chi connectivity index (χ3n) is 6.86. The minimum absolute atomic E-state index is 0.173. The SMILES string of the molecule is O=C(COC(=O)C1CCN(C(=O)c2ccc(F)cc2)CC1)c1ccc(C2CCCCC2)cc1. The van der Waals surface area contributed by atoms with Crippen molar-refractivity contribution >= 4 is 17.7 Å². The lowest BCUT2D eigenvalue weighted by Crippen LogP contribution is -2.40. The number of halogens is 1. The van der Waals surface area contributed by atoms with Gasteiger partial charge >= 0.3 is 5.97 Å². The number of piperidine rings is 1. The average molecular weight is 452 g/mol. The third-order valence-corrected chi connectivity index (χ3v) is 6.86. The van der Waals surface area contributed by atoms with Gasteiger partial charge in [-0.2, -0.15) is 0 Å². The molecule has 5 nitrogen and oxygen atoms in total. The van der Waals surface area contributed by atoms with Gasteiger partial charge in [-0.25, -0.2) is 4.39 Å². The van der Waals surface area contributed by atoms with E-state index in [1.165, 1.54) is 61.9 Å². The second-order valence-electron chi connectivity index (χ2n) is 9.06. The van der Waals surface area contributed by atoms with Crippen molar-refractivity contribution in [2.45, 2.75) is 50.9 Å². The highest BCUT2D eigenvalue weighted by atomic mass is 19.1. The number of benzene rings is 2. The van der Waals surface area contributed by atoms with Crippen LogP contribution in [0.5, 0.6) is 0 Å². The quantitative estimate of drug-likeness (QED) is 0.450. The molecule has 1 heterocycles. The number of esters is 1. The highest BCUT2D eigenvalue weighted by molar-refractivity contribution is 5.98. The van der Waals surface area contributed by atoms with Crippen molar-refractivity contribution in [2.24, 2.45) is 5.92 Å². The van der Waals surface area contributed by atoms with E-state index in [0.717, 1.165) is 0 Å². The number of nitrogens with zero attached hydrogens (tertiary/aromatic N) is 1. The maximum Gasteiger partial charge on any atom is 0.309 e. The molecule has 0 unspecified atom stereocenters. The molecular weight excluding hydrogens is 421 g/mol. The van der Waals surface area contributed by atoms with E-state index < -0.39 is 5.97 Å². The first kappa shape index (κ1) is 23.1. The molecule has 0 atom stereocenters. The van der Waals surface area contributed by atoms with E-state index in [1.54, 1.807) is 4.90 Å². The summed E-state index contributed by atoms with van der Waals surface area (Å²) in [6, 6.07) is 13.2. The van der Waals surface area contributed by atoms with Crippen LogP contribution >= 0.6 is 0 Å². The lowest BCUT2D eigenvalue weighted by molar-refractivity contribution is -0.148. The fourth-order valence-electron chi connectivity index (χ4n) is 4.81. The second kappa shape index (κ2) is 10.7. The fraction of sp³-hybridized carbons (Fsp3) is 0.444. The molecule has 0 bridgehead atoms. The van der Waals surface area contributed by atoms with E-state index in [0.29, 0.717) is 43.0 Å². The topological polar surface area (TPSA) is 63.7 Å². The number of rotatable bonds is 6. The first-order valence-corrected chi connectivity index (χ1v) is 11.9. The molecule has 1 amide bonds. The van der Waals surface area contributed by atoms with Gasteiger partial charge in [-0.3, -0.25) is 14.4 Å². The van der Waals surface area contributed by atoms with Gasteiger partial charge in [-0.15, -0.1) is 0 Å². The average Bonchev–Trinajstić information content (AvgIpc) is 2.88. The molecule has 0 N–H and O–H groups in total. The summed E-state index contributed by atoms with van der Waals surface area (Å²) in [4.78, 5) is 39.1. The van der Waals surface area contributed by atoms with Gasteiger partial charge in [-0.05, 0) is 61.4 Å². The molecule has 1 saturated carbocycles. The highest BCUT2D eigenvalue weighted by Gasteiger charge is 2.29. The molecule has 6 heteroatoms. The maximum absolute atomic E-state index is 13.1. The summed E-state index contributed by atoms with van der Waals surface area (Å²) < 4.78 is 18.4. The van der Waals surface area contributed by atoms with E-state index in [1.807, 2.05) is 24.3 Å². The van der Waals surface area contributed by atoms with Crippen LogP contribution in [0.25, 0.3) is 0 Å². The number of carbonyl (C=O) groups is 3. The number of carbonyl (C=O) groups excluding carboxylic acids is 3. The number of Topliss-reactive ketones (excluding diaryl/α,β-unsaturated/α-hetero) is 1. The van der Waals surface area contributed by atoms with Crippen molar-refractivity contribution in [3.8, 4) is 0 Å². The molecule has 0 spiro atoms. The van der Waals surface area contributed by atoms with Gasteiger partial charge in [0, 0.05) is 24.2 Å². The zero-order valence-electron chi connectivity index (χ0n) is 18.8. The van der Waals surface area contributed by atoms with Crippen LogP contribution in [0, 0.1) is 11.7 Å². The Morgan fingerprint density at radius 2 is 1.42 bits per heavy atom. The van der Waals surface area contributed by atoms with Crippen molar-refractivity contribution in [3.63, 3.8) is 0 Å². The van der Waals surface area contributed by atoms with E-state index in [-0.39, 0.29) is 30.0 Å². The van der Waals surface area contributed by atoms with Gasteiger partial charge in [-0.1, -0.05) is 43.5 Å². The minimum Gasteiger partial charge on any atom is -0.457 e. The van der Waals surface area contributed by atoms with Gasteiger partial charge in [0.15, 0.2) is 12.4 Å². The van der Waals surface area contributed by atoms with Gasteiger partial charge < -0.3 is 9.64 Å².